The van der Waals surface area contributed by atoms with E-state index in [1.165, 1.54) is 0 Å². The molecular weight excluding hydrogens is 680 g/mol. The second-order valence-electron chi connectivity index (χ2n) is 14.6. The van der Waals surface area contributed by atoms with Gasteiger partial charge < -0.3 is 29.5 Å². The van der Waals surface area contributed by atoms with Crippen LogP contribution in [-0.2, 0) is 51.9 Å². The maximum absolute atomic E-state index is 13.0. The molecule has 48 heavy (non-hydrogen) atoms. The van der Waals surface area contributed by atoms with Gasteiger partial charge in [0.2, 0.25) is 0 Å². The van der Waals surface area contributed by atoms with Crippen molar-refractivity contribution in [3.63, 3.8) is 0 Å². The fourth-order valence-corrected chi connectivity index (χ4v) is 10.6. The van der Waals surface area contributed by atoms with Gasteiger partial charge in [0.25, 0.3) is 0 Å². The Morgan fingerprint density at radius 2 is 1.88 bits per heavy atom. The van der Waals surface area contributed by atoms with E-state index in [1.54, 1.807) is 13.8 Å². The number of carbonyl (C=O) groups excluding carboxylic acids is 1. The zero-order valence-corrected chi connectivity index (χ0v) is 28.7. The molecule has 4 aliphatic carbocycles. The minimum absolute atomic E-state index is 0.0154. The standard InChI is InChI=1S/C30H46O16S2/c1-14(2)9-22(32)42-25-24(44-48(37,38)39)23(43-47-46-45-36)20(13-31)41-28(25)40-17-10-18(27(34)35)19-7-8-30-11-16(15(3)26(30)33)5-6-21(30)29(19,4)12-17/h14,16-21,23-26,28,31,33,36H,3,5-13H2,1-2,4H3,(H,34,35)(H,37,38,39)/t16?,17?,18?,19?,20-,21?,23+,24-,25?,26-,28+,29?,30?/m0/s1. The predicted molar refractivity (Wildman–Crippen MR) is 163 cm³/mol. The quantitative estimate of drug-likeness (QED) is 0.0268. The normalized spacial score (nSPS) is 42.7. The molecule has 0 aromatic heterocycles. The van der Waals surface area contributed by atoms with E-state index in [0.29, 0.717) is 19.3 Å². The first-order valence-electron chi connectivity index (χ1n) is 16.2. The van der Waals surface area contributed by atoms with Gasteiger partial charge in [0.1, 0.15) is 12.2 Å². The molecular formula is C30H46O16S2. The van der Waals surface area contributed by atoms with Crippen LogP contribution >= 0.6 is 12.3 Å². The van der Waals surface area contributed by atoms with E-state index < -0.39 is 88.6 Å². The molecule has 0 aromatic rings. The number of hydrogen-bond donors (Lipinski definition) is 5. The van der Waals surface area contributed by atoms with E-state index in [1.807, 2.05) is 0 Å². The maximum atomic E-state index is 13.0. The van der Waals surface area contributed by atoms with Gasteiger partial charge in [-0.2, -0.15) is 8.42 Å². The first-order chi connectivity index (χ1) is 22.5. The van der Waals surface area contributed by atoms with Crippen molar-refractivity contribution in [3.05, 3.63) is 12.2 Å². The Morgan fingerprint density at radius 3 is 2.50 bits per heavy atom. The Bertz CT molecular complexity index is 1310. The Morgan fingerprint density at radius 1 is 1.15 bits per heavy atom. The molecule has 8 unspecified atom stereocenters. The fraction of sp³-hybridized carbons (Fsp3) is 0.867. The highest BCUT2D eigenvalue weighted by Crippen LogP contribution is 2.70. The van der Waals surface area contributed by atoms with Crippen molar-refractivity contribution in [2.45, 2.75) is 115 Å². The van der Waals surface area contributed by atoms with Crippen molar-refractivity contribution < 1.29 is 75.1 Å². The lowest BCUT2D eigenvalue weighted by molar-refractivity contribution is -0.435. The van der Waals surface area contributed by atoms with Crippen LogP contribution in [0.25, 0.3) is 0 Å². The topological polar surface area (TPSA) is 234 Å². The monoisotopic (exact) mass is 726 g/mol. The van der Waals surface area contributed by atoms with Gasteiger partial charge in [-0.3, -0.25) is 18.3 Å². The van der Waals surface area contributed by atoms with Gasteiger partial charge in [0.15, 0.2) is 30.8 Å². The Balaban J connectivity index is 1.49. The van der Waals surface area contributed by atoms with Crippen LogP contribution in [0, 0.1) is 40.4 Å². The summed E-state index contributed by atoms with van der Waals surface area (Å²) in [6.07, 6.45) is -5.72. The van der Waals surface area contributed by atoms with E-state index in [2.05, 4.69) is 22.9 Å². The number of aliphatic hydroxyl groups excluding tert-OH is 2. The minimum atomic E-state index is -5.24. The lowest BCUT2D eigenvalue weighted by Gasteiger charge is -2.62. The van der Waals surface area contributed by atoms with Crippen LogP contribution in [0.15, 0.2) is 12.2 Å². The van der Waals surface area contributed by atoms with E-state index in [-0.39, 0.29) is 48.8 Å². The molecule has 5 rings (SSSR count). The molecule has 5 aliphatic rings. The van der Waals surface area contributed by atoms with Gasteiger partial charge >= 0.3 is 22.3 Å². The molecule has 0 amide bonds. The van der Waals surface area contributed by atoms with Crippen molar-refractivity contribution in [3.8, 4) is 0 Å². The van der Waals surface area contributed by atoms with Gasteiger partial charge in [-0.05, 0) is 79.6 Å². The largest absolute Gasteiger partial charge is 0.481 e. The summed E-state index contributed by atoms with van der Waals surface area (Å²) in [5.74, 6) is -2.80. The first-order valence-corrected chi connectivity index (χ1v) is 18.2. The molecule has 16 nitrogen and oxygen atoms in total. The molecule has 0 aromatic carbocycles. The third kappa shape index (κ3) is 7.32. The van der Waals surface area contributed by atoms with Crippen LogP contribution in [0.3, 0.4) is 0 Å². The summed E-state index contributed by atoms with van der Waals surface area (Å²) in [5.41, 5.74) is -0.180. The SMILES string of the molecule is C=C1C2CCC3C4(C)CC(O[C@@H]5O[C@@H](CO)[C@@H](OSOOO)[C@H](OS(=O)(=O)O)C5OC(=O)CC(C)C)CC(C(=O)O)C4CCC3(C2)[C@H]1O. The fourth-order valence-electron chi connectivity index (χ4n) is 9.76. The number of ether oxygens (including phenoxy) is 3. The van der Waals surface area contributed by atoms with Crippen LogP contribution in [0.4, 0.5) is 0 Å². The van der Waals surface area contributed by atoms with E-state index >= 15 is 0 Å². The molecule has 1 spiro atoms. The molecule has 274 valence electrons. The molecule has 2 bridgehead atoms. The molecule has 4 saturated carbocycles. The van der Waals surface area contributed by atoms with Crippen molar-refractivity contribution in [2.75, 3.05) is 6.61 Å². The zero-order chi connectivity index (χ0) is 35.2. The van der Waals surface area contributed by atoms with Gasteiger partial charge in [0.05, 0.1) is 24.7 Å². The lowest BCUT2D eigenvalue weighted by atomic mass is 9.43. The molecule has 18 heteroatoms. The average molecular weight is 727 g/mol. The summed E-state index contributed by atoms with van der Waals surface area (Å²) in [4.78, 5) is 25.8. The van der Waals surface area contributed by atoms with E-state index in [0.717, 1.165) is 24.8 Å². The van der Waals surface area contributed by atoms with Crippen LogP contribution in [0.1, 0.15) is 72.1 Å². The highest BCUT2D eigenvalue weighted by atomic mass is 32.3. The number of carbonyl (C=O) groups is 2. The van der Waals surface area contributed by atoms with Crippen molar-refractivity contribution in [1.29, 1.82) is 0 Å². The lowest BCUT2D eigenvalue weighted by Crippen LogP contribution is -2.63. The number of carboxylic acid groups (broad SMARTS) is 1. The zero-order valence-electron chi connectivity index (χ0n) is 27.0. The summed E-state index contributed by atoms with van der Waals surface area (Å²) in [7, 11) is -5.24. The Hall–Kier alpha value is -1.42. The van der Waals surface area contributed by atoms with Gasteiger partial charge in [-0.1, -0.05) is 32.4 Å². The Kier molecular flexibility index (Phi) is 11.6. The van der Waals surface area contributed by atoms with Gasteiger partial charge in [0, 0.05) is 11.8 Å². The van der Waals surface area contributed by atoms with Crippen molar-refractivity contribution >= 4 is 34.7 Å². The third-order valence-corrected chi connectivity index (χ3v) is 12.4. The van der Waals surface area contributed by atoms with Crippen LogP contribution in [0.5, 0.6) is 0 Å². The van der Waals surface area contributed by atoms with Crippen LogP contribution < -0.4 is 0 Å². The average Bonchev–Trinajstić information content (AvgIpc) is 3.16. The number of fused-ring (bicyclic) bond motifs is 3. The molecule has 5 fully saturated rings. The number of aliphatic hydroxyl groups is 2. The van der Waals surface area contributed by atoms with Crippen molar-refractivity contribution in [2.24, 2.45) is 40.4 Å². The molecule has 1 saturated heterocycles. The Labute approximate surface area is 283 Å². The number of esters is 1. The number of hydrogen-bond acceptors (Lipinski definition) is 15. The number of carboxylic acids is 1. The van der Waals surface area contributed by atoms with Crippen LogP contribution in [-0.4, -0.2) is 95.0 Å². The van der Waals surface area contributed by atoms with Gasteiger partial charge in [-0.15, -0.1) is 4.33 Å². The molecule has 0 radical (unpaired) electrons. The smallest absolute Gasteiger partial charge is 0.397 e. The minimum Gasteiger partial charge on any atom is -0.481 e. The highest BCUT2D eigenvalue weighted by Gasteiger charge is 2.67. The van der Waals surface area contributed by atoms with E-state index in [9.17, 15) is 37.9 Å². The number of rotatable bonds is 13. The predicted octanol–water partition coefficient (Wildman–Crippen LogP) is 2.85. The molecule has 1 aliphatic heterocycles. The highest BCUT2D eigenvalue weighted by molar-refractivity contribution is 7.89. The third-order valence-electron chi connectivity index (χ3n) is 11.5. The summed E-state index contributed by atoms with van der Waals surface area (Å²) in [6.45, 7) is 8.94. The summed E-state index contributed by atoms with van der Waals surface area (Å²) < 4.78 is 66.3. The summed E-state index contributed by atoms with van der Waals surface area (Å²) in [5, 5.41) is 44.1. The molecule has 13 atom stereocenters. The second-order valence-corrected chi connectivity index (χ2v) is 16.1. The second kappa shape index (κ2) is 14.7. The summed E-state index contributed by atoms with van der Waals surface area (Å²) >= 11 is 0.0154. The molecule has 1 heterocycles. The van der Waals surface area contributed by atoms with Crippen LogP contribution in [0.2, 0.25) is 0 Å². The number of aliphatic carboxylic acids is 1. The van der Waals surface area contributed by atoms with E-state index in [4.69, 9.17) is 27.8 Å². The van der Waals surface area contributed by atoms with Gasteiger partial charge in [-0.25, -0.2) is 9.44 Å². The summed E-state index contributed by atoms with van der Waals surface area (Å²) in [6, 6.07) is 0. The maximum Gasteiger partial charge on any atom is 0.397 e. The first kappa shape index (κ1) is 37.8. The molecule has 5 N–H and O–H groups in total. The van der Waals surface area contributed by atoms with Crippen molar-refractivity contribution in [1.82, 2.24) is 0 Å².